The zero-order valence-electron chi connectivity index (χ0n) is 19.4. The van der Waals surface area contributed by atoms with Crippen molar-refractivity contribution in [2.24, 2.45) is 5.92 Å². The Morgan fingerprint density at radius 2 is 1.74 bits per heavy atom. The third kappa shape index (κ3) is 6.91. The Morgan fingerprint density at radius 1 is 1.03 bits per heavy atom. The molecule has 0 bridgehead atoms. The summed E-state index contributed by atoms with van der Waals surface area (Å²) in [4.78, 5) is 14.9. The van der Waals surface area contributed by atoms with Crippen LogP contribution in [0.5, 0.6) is 0 Å². The van der Waals surface area contributed by atoms with Crippen molar-refractivity contribution in [2.75, 3.05) is 17.8 Å². The van der Waals surface area contributed by atoms with Crippen LogP contribution in [0.1, 0.15) is 36.5 Å². The number of piperidine rings is 1. The fourth-order valence-electron chi connectivity index (χ4n) is 4.21. The van der Waals surface area contributed by atoms with Crippen LogP contribution in [0, 0.1) is 5.92 Å². The van der Waals surface area contributed by atoms with Gasteiger partial charge in [0.25, 0.3) is 10.0 Å². The Kier molecular flexibility index (Phi) is 8.03. The van der Waals surface area contributed by atoms with Gasteiger partial charge in [0.05, 0.1) is 6.42 Å². The molecule has 0 spiro atoms. The zero-order valence-corrected chi connectivity index (χ0v) is 21.0. The molecule has 1 aliphatic rings. The van der Waals surface area contributed by atoms with Crippen molar-refractivity contribution in [2.45, 2.75) is 43.5 Å². The van der Waals surface area contributed by atoms with Gasteiger partial charge in [-0.05, 0) is 65.6 Å². The predicted octanol–water partition coefficient (Wildman–Crippen LogP) is 4.64. The molecule has 34 heavy (non-hydrogen) atoms. The summed E-state index contributed by atoms with van der Waals surface area (Å²) in [6.45, 7) is 6.12. The molecule has 2 N–H and O–H groups in total. The maximum Gasteiger partial charge on any atom is 0.271 e. The summed E-state index contributed by atoms with van der Waals surface area (Å²) >= 11 is 1.17. The highest BCUT2D eigenvalue weighted by Gasteiger charge is 2.16. The summed E-state index contributed by atoms with van der Waals surface area (Å²) in [6.07, 6.45) is 2.84. The van der Waals surface area contributed by atoms with E-state index in [1.807, 2.05) is 0 Å². The summed E-state index contributed by atoms with van der Waals surface area (Å²) in [5.41, 5.74) is 3.67. The first kappa shape index (κ1) is 24.4. The largest absolute Gasteiger partial charge is 0.352 e. The first-order valence-electron chi connectivity index (χ1n) is 11.6. The summed E-state index contributed by atoms with van der Waals surface area (Å²) in [6, 6.07) is 18.6. The van der Waals surface area contributed by atoms with Gasteiger partial charge in [0.2, 0.25) is 5.91 Å². The van der Waals surface area contributed by atoms with E-state index in [9.17, 15) is 13.2 Å². The normalized spacial score (nSPS) is 16.8. The number of sulfonamides is 1. The standard InChI is InChI=1S/C26H31N3O3S2/c1-20-4-2-14-29(18-20)19-23-8-6-22(7-9-23)17-27-25(30)16-21-10-12-24(13-11-21)28-34(31,32)26-5-3-15-33-26/h3,5-13,15,20,28H,2,4,14,16-19H2,1H3,(H,27,30). The molecule has 1 unspecified atom stereocenters. The van der Waals surface area contributed by atoms with Crippen LogP contribution in [0.2, 0.25) is 0 Å². The number of thiophene rings is 1. The van der Waals surface area contributed by atoms with E-state index >= 15 is 0 Å². The first-order chi connectivity index (χ1) is 16.4. The van der Waals surface area contributed by atoms with Crippen LogP contribution in [-0.4, -0.2) is 32.3 Å². The lowest BCUT2D eigenvalue weighted by Crippen LogP contribution is -2.33. The van der Waals surface area contributed by atoms with Gasteiger partial charge >= 0.3 is 0 Å². The number of carbonyl (C=O) groups excluding carboxylic acids is 1. The number of nitrogens with zero attached hydrogens (tertiary/aromatic N) is 1. The zero-order chi connectivity index (χ0) is 24.0. The number of benzene rings is 2. The average Bonchev–Trinajstić information content (AvgIpc) is 3.36. The van der Waals surface area contributed by atoms with Gasteiger partial charge in [0.1, 0.15) is 4.21 Å². The molecular weight excluding hydrogens is 466 g/mol. The number of hydrogen-bond donors (Lipinski definition) is 2. The number of amides is 1. The highest BCUT2D eigenvalue weighted by molar-refractivity contribution is 7.94. The van der Waals surface area contributed by atoms with Crippen molar-refractivity contribution in [1.29, 1.82) is 0 Å². The Balaban J connectivity index is 1.23. The van der Waals surface area contributed by atoms with Crippen molar-refractivity contribution < 1.29 is 13.2 Å². The molecule has 1 aliphatic heterocycles. The molecule has 2 heterocycles. The molecule has 1 fully saturated rings. The summed E-state index contributed by atoms with van der Waals surface area (Å²) in [7, 11) is -3.57. The monoisotopic (exact) mass is 497 g/mol. The number of anilines is 1. The van der Waals surface area contributed by atoms with Crippen LogP contribution in [0.4, 0.5) is 5.69 Å². The first-order valence-corrected chi connectivity index (χ1v) is 14.0. The quantitative estimate of drug-likeness (QED) is 0.451. The summed E-state index contributed by atoms with van der Waals surface area (Å²) in [5.74, 6) is 0.702. The topological polar surface area (TPSA) is 78.5 Å². The molecule has 2 aromatic carbocycles. The molecule has 0 radical (unpaired) electrons. The van der Waals surface area contributed by atoms with Crippen LogP contribution in [0.25, 0.3) is 0 Å². The molecule has 180 valence electrons. The molecule has 3 aromatic rings. The SMILES string of the molecule is CC1CCCN(Cc2ccc(CNC(=O)Cc3ccc(NS(=O)(=O)c4cccs4)cc3)cc2)C1. The maximum atomic E-state index is 12.4. The van der Waals surface area contributed by atoms with Crippen molar-refractivity contribution in [3.63, 3.8) is 0 Å². The van der Waals surface area contributed by atoms with Crippen LogP contribution in [0.15, 0.2) is 70.3 Å². The lowest BCUT2D eigenvalue weighted by atomic mass is 9.99. The van der Waals surface area contributed by atoms with Gasteiger partial charge in [-0.25, -0.2) is 8.42 Å². The highest BCUT2D eigenvalue weighted by Crippen LogP contribution is 2.21. The van der Waals surface area contributed by atoms with Crippen molar-refractivity contribution in [1.82, 2.24) is 10.2 Å². The van der Waals surface area contributed by atoms with E-state index in [-0.39, 0.29) is 16.5 Å². The lowest BCUT2D eigenvalue weighted by molar-refractivity contribution is -0.120. The van der Waals surface area contributed by atoms with Crippen molar-refractivity contribution in [3.8, 4) is 0 Å². The highest BCUT2D eigenvalue weighted by atomic mass is 32.2. The molecule has 0 aliphatic carbocycles. The van der Waals surface area contributed by atoms with Gasteiger partial charge in [0, 0.05) is 25.3 Å². The fourth-order valence-corrected chi connectivity index (χ4v) is 6.26. The van der Waals surface area contributed by atoms with Crippen molar-refractivity contribution in [3.05, 3.63) is 82.7 Å². The maximum absolute atomic E-state index is 12.4. The van der Waals surface area contributed by atoms with Crippen LogP contribution in [0.3, 0.4) is 0 Å². The average molecular weight is 498 g/mol. The van der Waals surface area contributed by atoms with E-state index in [0.29, 0.717) is 12.2 Å². The smallest absolute Gasteiger partial charge is 0.271 e. The van der Waals surface area contributed by atoms with E-state index in [1.54, 1.807) is 41.8 Å². The van der Waals surface area contributed by atoms with Crippen LogP contribution < -0.4 is 10.0 Å². The molecule has 0 saturated carbocycles. The van der Waals surface area contributed by atoms with Gasteiger partial charge in [-0.2, -0.15) is 0 Å². The molecule has 8 heteroatoms. The number of carbonyl (C=O) groups is 1. The molecule has 4 rings (SSSR count). The third-order valence-corrected chi connectivity index (χ3v) is 8.77. The van der Waals surface area contributed by atoms with Gasteiger partial charge in [0.15, 0.2) is 0 Å². The van der Waals surface area contributed by atoms with Gasteiger partial charge in [-0.3, -0.25) is 14.4 Å². The van der Waals surface area contributed by atoms with Gasteiger partial charge in [-0.15, -0.1) is 11.3 Å². The van der Waals surface area contributed by atoms with E-state index < -0.39 is 10.0 Å². The Morgan fingerprint density at radius 3 is 2.41 bits per heavy atom. The minimum absolute atomic E-state index is 0.0710. The Labute approximate surface area is 206 Å². The molecule has 1 saturated heterocycles. The fraction of sp³-hybridized carbons (Fsp3) is 0.346. The molecule has 1 aromatic heterocycles. The minimum atomic E-state index is -3.57. The third-order valence-electron chi connectivity index (χ3n) is 5.99. The van der Waals surface area contributed by atoms with E-state index in [4.69, 9.17) is 0 Å². The summed E-state index contributed by atoms with van der Waals surface area (Å²) < 4.78 is 27.5. The van der Waals surface area contributed by atoms with E-state index in [2.05, 4.69) is 46.1 Å². The second-order valence-electron chi connectivity index (χ2n) is 8.99. The Bertz CT molecular complexity index is 1180. The number of hydrogen-bond acceptors (Lipinski definition) is 5. The predicted molar refractivity (Wildman–Crippen MR) is 137 cm³/mol. The second kappa shape index (κ2) is 11.2. The molecule has 1 amide bonds. The number of likely N-dealkylation sites (tertiary alicyclic amines) is 1. The molecule has 1 atom stereocenters. The van der Waals surface area contributed by atoms with Crippen LogP contribution >= 0.6 is 11.3 Å². The summed E-state index contributed by atoms with van der Waals surface area (Å²) in [5, 5.41) is 4.69. The minimum Gasteiger partial charge on any atom is -0.352 e. The molecular formula is C26H31N3O3S2. The van der Waals surface area contributed by atoms with Gasteiger partial charge < -0.3 is 5.32 Å². The van der Waals surface area contributed by atoms with Gasteiger partial charge in [-0.1, -0.05) is 49.4 Å². The molecule has 6 nitrogen and oxygen atoms in total. The number of nitrogens with one attached hydrogen (secondary N) is 2. The second-order valence-corrected chi connectivity index (χ2v) is 11.8. The van der Waals surface area contributed by atoms with Crippen molar-refractivity contribution >= 4 is 33.0 Å². The van der Waals surface area contributed by atoms with E-state index in [0.717, 1.165) is 23.6 Å². The van der Waals surface area contributed by atoms with E-state index in [1.165, 1.54) is 42.8 Å². The number of rotatable bonds is 9. The van der Waals surface area contributed by atoms with Crippen LogP contribution in [-0.2, 0) is 34.3 Å². The lowest BCUT2D eigenvalue weighted by Gasteiger charge is -2.30. The Hall–Kier alpha value is -2.68.